The van der Waals surface area contributed by atoms with Crippen LogP contribution in [0.1, 0.15) is 59.1 Å². The molecule has 29 heavy (non-hydrogen) atoms. The lowest BCUT2D eigenvalue weighted by atomic mass is 9.72. The van der Waals surface area contributed by atoms with E-state index in [0.29, 0.717) is 22.2 Å². The van der Waals surface area contributed by atoms with E-state index >= 15 is 0 Å². The summed E-state index contributed by atoms with van der Waals surface area (Å²) in [6, 6.07) is 5.82. The average molecular weight is 415 g/mol. The summed E-state index contributed by atoms with van der Waals surface area (Å²) in [7, 11) is 0. The Hall–Kier alpha value is -2.34. The molecule has 2 amide bonds. The van der Waals surface area contributed by atoms with Gasteiger partial charge in [-0.05, 0) is 61.6 Å². The number of nitrogens with one attached hydrogen (secondary N) is 1. The number of carbonyl (C=O) groups excluding carboxylic acids is 2. The maximum atomic E-state index is 12.5. The molecule has 0 radical (unpaired) electrons. The highest BCUT2D eigenvalue weighted by atomic mass is 32.1. The number of aryl methyl sites for hydroxylation is 2. The van der Waals surface area contributed by atoms with Gasteiger partial charge in [-0.1, -0.05) is 38.5 Å². The summed E-state index contributed by atoms with van der Waals surface area (Å²) >= 11 is 1.48. The van der Waals surface area contributed by atoms with Crippen LogP contribution in [-0.4, -0.2) is 18.4 Å². The van der Waals surface area contributed by atoms with Gasteiger partial charge in [-0.25, -0.2) is 0 Å². The van der Waals surface area contributed by atoms with Crippen molar-refractivity contribution in [1.82, 2.24) is 0 Å². The third-order valence-electron chi connectivity index (χ3n) is 5.68. The summed E-state index contributed by atoms with van der Waals surface area (Å²) in [6.07, 6.45) is 2.76. The Kier molecular flexibility index (Phi) is 6.03. The standard InChI is InChI=1S/C23H30N2O3S/c1-13-6-9-17(14(2)10-13)28-12-19(26)25-22-20(21(24)27)16-8-7-15(23(3,4)5)11-18(16)29-22/h6,9-10,15H,7-8,11-12H2,1-5H3,(H2,24,27)(H,25,26)/t15-/m1/s1. The van der Waals surface area contributed by atoms with Gasteiger partial charge in [-0.15, -0.1) is 11.3 Å². The lowest BCUT2D eigenvalue weighted by molar-refractivity contribution is -0.118. The van der Waals surface area contributed by atoms with Crippen molar-refractivity contribution in [3.63, 3.8) is 0 Å². The van der Waals surface area contributed by atoms with Gasteiger partial charge in [0.2, 0.25) is 0 Å². The van der Waals surface area contributed by atoms with Gasteiger partial charge in [0.25, 0.3) is 11.8 Å². The average Bonchev–Trinajstić information content (AvgIpc) is 2.97. The van der Waals surface area contributed by atoms with Crippen LogP contribution in [0.25, 0.3) is 0 Å². The van der Waals surface area contributed by atoms with Gasteiger partial charge in [0.05, 0.1) is 5.56 Å². The van der Waals surface area contributed by atoms with E-state index in [-0.39, 0.29) is 17.9 Å². The molecule has 0 unspecified atom stereocenters. The summed E-state index contributed by atoms with van der Waals surface area (Å²) in [5.41, 5.74) is 9.47. The fourth-order valence-electron chi connectivity index (χ4n) is 3.94. The SMILES string of the molecule is Cc1ccc(OCC(=O)Nc2sc3c(c2C(N)=O)CC[C@@H](C(C)(C)C)C3)c(C)c1. The van der Waals surface area contributed by atoms with E-state index in [2.05, 4.69) is 26.1 Å². The molecule has 1 atom stereocenters. The van der Waals surface area contributed by atoms with Crippen molar-refractivity contribution in [3.05, 3.63) is 45.3 Å². The zero-order valence-electron chi connectivity index (χ0n) is 17.8. The molecule has 1 aliphatic carbocycles. The molecule has 0 bridgehead atoms. The van der Waals surface area contributed by atoms with Gasteiger partial charge in [0, 0.05) is 4.88 Å². The molecule has 0 spiro atoms. The summed E-state index contributed by atoms with van der Waals surface area (Å²) in [5, 5.41) is 3.40. The van der Waals surface area contributed by atoms with Crippen LogP contribution < -0.4 is 15.8 Å². The zero-order valence-corrected chi connectivity index (χ0v) is 18.7. The van der Waals surface area contributed by atoms with Crippen LogP contribution in [0.3, 0.4) is 0 Å². The topological polar surface area (TPSA) is 81.4 Å². The molecule has 2 aromatic rings. The van der Waals surface area contributed by atoms with Crippen LogP contribution in [0.2, 0.25) is 0 Å². The van der Waals surface area contributed by atoms with Crippen LogP contribution in [0.5, 0.6) is 5.75 Å². The smallest absolute Gasteiger partial charge is 0.262 e. The largest absolute Gasteiger partial charge is 0.483 e. The van der Waals surface area contributed by atoms with E-state index in [1.165, 1.54) is 11.3 Å². The van der Waals surface area contributed by atoms with Crippen LogP contribution in [0.15, 0.2) is 18.2 Å². The van der Waals surface area contributed by atoms with E-state index in [1.54, 1.807) is 0 Å². The Morgan fingerprint density at radius 2 is 2.00 bits per heavy atom. The number of amides is 2. The summed E-state index contributed by atoms with van der Waals surface area (Å²) < 4.78 is 5.67. The summed E-state index contributed by atoms with van der Waals surface area (Å²) in [5.74, 6) is 0.450. The molecule has 1 aromatic heterocycles. The number of carbonyl (C=O) groups is 2. The minimum atomic E-state index is -0.484. The molecule has 6 heteroatoms. The number of benzene rings is 1. The third kappa shape index (κ3) is 4.81. The molecule has 0 fully saturated rings. The van der Waals surface area contributed by atoms with Crippen molar-refractivity contribution >= 4 is 28.2 Å². The van der Waals surface area contributed by atoms with E-state index in [0.717, 1.165) is 40.8 Å². The molecule has 0 saturated carbocycles. The number of anilines is 1. The Morgan fingerprint density at radius 3 is 2.62 bits per heavy atom. The predicted octanol–water partition coefficient (Wildman–Crippen LogP) is 4.63. The normalized spacial score (nSPS) is 16.2. The minimum absolute atomic E-state index is 0.116. The molecule has 0 aliphatic heterocycles. The highest BCUT2D eigenvalue weighted by Gasteiger charge is 2.33. The zero-order chi connectivity index (χ0) is 21.3. The number of hydrogen-bond acceptors (Lipinski definition) is 4. The van der Waals surface area contributed by atoms with Crippen LogP contribution >= 0.6 is 11.3 Å². The van der Waals surface area contributed by atoms with Crippen molar-refractivity contribution in [2.24, 2.45) is 17.1 Å². The number of thiophene rings is 1. The molecule has 0 saturated heterocycles. The second kappa shape index (κ2) is 8.19. The predicted molar refractivity (Wildman–Crippen MR) is 118 cm³/mol. The van der Waals surface area contributed by atoms with E-state index < -0.39 is 5.91 Å². The number of nitrogens with two attached hydrogens (primary N) is 1. The van der Waals surface area contributed by atoms with Gasteiger partial charge in [-0.3, -0.25) is 9.59 Å². The van der Waals surface area contributed by atoms with Gasteiger partial charge in [0.1, 0.15) is 10.8 Å². The fourth-order valence-corrected chi connectivity index (χ4v) is 5.29. The van der Waals surface area contributed by atoms with Gasteiger partial charge < -0.3 is 15.8 Å². The highest BCUT2D eigenvalue weighted by Crippen LogP contribution is 2.44. The molecular formula is C23H30N2O3S. The second-order valence-corrected chi connectivity index (χ2v) is 10.1. The monoisotopic (exact) mass is 414 g/mol. The van der Waals surface area contributed by atoms with Crippen molar-refractivity contribution in [2.45, 2.75) is 53.9 Å². The Labute approximate surface area is 176 Å². The van der Waals surface area contributed by atoms with Gasteiger partial charge in [-0.2, -0.15) is 0 Å². The number of hydrogen-bond donors (Lipinski definition) is 2. The van der Waals surface area contributed by atoms with Crippen LogP contribution in [0, 0.1) is 25.2 Å². The Morgan fingerprint density at radius 1 is 1.28 bits per heavy atom. The van der Waals surface area contributed by atoms with Gasteiger partial charge in [0.15, 0.2) is 6.61 Å². The number of rotatable bonds is 5. The first-order valence-electron chi connectivity index (χ1n) is 10.0. The van der Waals surface area contributed by atoms with Crippen molar-refractivity contribution in [1.29, 1.82) is 0 Å². The highest BCUT2D eigenvalue weighted by molar-refractivity contribution is 7.17. The van der Waals surface area contributed by atoms with E-state index in [9.17, 15) is 9.59 Å². The van der Waals surface area contributed by atoms with Crippen molar-refractivity contribution in [3.8, 4) is 5.75 Å². The fraction of sp³-hybridized carbons (Fsp3) is 0.478. The maximum Gasteiger partial charge on any atom is 0.262 e. The van der Waals surface area contributed by atoms with Crippen molar-refractivity contribution in [2.75, 3.05) is 11.9 Å². The van der Waals surface area contributed by atoms with E-state index in [4.69, 9.17) is 10.5 Å². The number of ether oxygens (including phenoxy) is 1. The van der Waals surface area contributed by atoms with Gasteiger partial charge >= 0.3 is 0 Å². The maximum absolute atomic E-state index is 12.5. The quantitative estimate of drug-likeness (QED) is 0.748. The molecule has 3 rings (SSSR count). The van der Waals surface area contributed by atoms with Crippen molar-refractivity contribution < 1.29 is 14.3 Å². The molecule has 156 valence electrons. The molecule has 3 N–H and O–H groups in total. The molecular weight excluding hydrogens is 384 g/mol. The summed E-state index contributed by atoms with van der Waals surface area (Å²) in [6.45, 7) is 10.6. The Balaban J connectivity index is 1.74. The number of fused-ring (bicyclic) bond motifs is 1. The lowest BCUT2D eigenvalue weighted by Crippen LogP contribution is -2.27. The lowest BCUT2D eigenvalue weighted by Gasteiger charge is -2.33. The molecule has 1 aromatic carbocycles. The number of primary amides is 1. The first kappa shape index (κ1) is 21.4. The summed E-state index contributed by atoms with van der Waals surface area (Å²) in [4.78, 5) is 25.8. The first-order chi connectivity index (χ1) is 13.6. The second-order valence-electron chi connectivity index (χ2n) is 8.98. The Bertz CT molecular complexity index is 940. The van der Waals surface area contributed by atoms with Crippen LogP contribution in [0.4, 0.5) is 5.00 Å². The molecule has 5 nitrogen and oxygen atoms in total. The molecule has 1 heterocycles. The molecule has 1 aliphatic rings. The minimum Gasteiger partial charge on any atom is -0.483 e. The van der Waals surface area contributed by atoms with E-state index in [1.807, 2.05) is 32.0 Å². The first-order valence-corrected chi connectivity index (χ1v) is 10.8. The third-order valence-corrected chi connectivity index (χ3v) is 6.85. The van der Waals surface area contributed by atoms with Crippen LogP contribution in [-0.2, 0) is 17.6 Å².